The van der Waals surface area contributed by atoms with Gasteiger partial charge >= 0.3 is 0 Å². The summed E-state index contributed by atoms with van der Waals surface area (Å²) in [6, 6.07) is 5.91. The first-order valence-corrected chi connectivity index (χ1v) is 7.39. The lowest BCUT2D eigenvalue weighted by atomic mass is 9.73. The minimum absolute atomic E-state index is 0.136. The fraction of sp³-hybridized carbons (Fsp3) is 0.647. The van der Waals surface area contributed by atoms with Crippen LogP contribution in [0.1, 0.15) is 44.7 Å². The van der Waals surface area contributed by atoms with Crippen LogP contribution >= 0.6 is 0 Å². The molecule has 0 saturated heterocycles. The normalized spacial score (nSPS) is 18.6. The molecule has 1 fully saturated rings. The van der Waals surface area contributed by atoms with Crippen molar-refractivity contribution in [1.82, 2.24) is 5.32 Å². The van der Waals surface area contributed by atoms with E-state index in [4.69, 9.17) is 0 Å². The second-order valence-corrected chi connectivity index (χ2v) is 6.71. The highest BCUT2D eigenvalue weighted by molar-refractivity contribution is 5.27. The first-order valence-electron chi connectivity index (χ1n) is 7.39. The summed E-state index contributed by atoms with van der Waals surface area (Å²) in [7, 11) is 0. The van der Waals surface area contributed by atoms with Crippen LogP contribution in [0.2, 0.25) is 0 Å². The summed E-state index contributed by atoms with van der Waals surface area (Å²) in [5.41, 5.74) is 2.57. The summed E-state index contributed by atoms with van der Waals surface area (Å²) in [5, 5.41) is 3.66. The monoisotopic (exact) mass is 263 g/mol. The Morgan fingerprint density at radius 1 is 1.37 bits per heavy atom. The highest BCUT2D eigenvalue weighted by Crippen LogP contribution is 2.33. The van der Waals surface area contributed by atoms with Crippen LogP contribution in [-0.2, 0) is 6.42 Å². The molecule has 1 unspecified atom stereocenters. The Kier molecular flexibility index (Phi) is 4.29. The zero-order valence-electron chi connectivity index (χ0n) is 12.6. The molecule has 2 heteroatoms. The SMILES string of the molecule is Cc1cc(F)ccc1CC(C)(CNC1CC1)C(C)C. The van der Waals surface area contributed by atoms with Crippen LogP contribution in [0.3, 0.4) is 0 Å². The van der Waals surface area contributed by atoms with Crippen molar-refractivity contribution < 1.29 is 4.39 Å². The van der Waals surface area contributed by atoms with Crippen molar-refractivity contribution in [3.05, 3.63) is 35.1 Å². The third-order valence-corrected chi connectivity index (χ3v) is 4.66. The highest BCUT2D eigenvalue weighted by Gasteiger charge is 2.31. The summed E-state index contributed by atoms with van der Waals surface area (Å²) in [6.45, 7) is 9.97. The van der Waals surface area contributed by atoms with E-state index in [9.17, 15) is 4.39 Å². The van der Waals surface area contributed by atoms with Crippen LogP contribution in [0.15, 0.2) is 18.2 Å². The first kappa shape index (κ1) is 14.5. The van der Waals surface area contributed by atoms with Crippen molar-refractivity contribution in [3.63, 3.8) is 0 Å². The molecule has 1 aromatic rings. The van der Waals surface area contributed by atoms with Gasteiger partial charge in [-0.1, -0.05) is 26.8 Å². The molecule has 0 amide bonds. The van der Waals surface area contributed by atoms with Gasteiger partial charge in [-0.3, -0.25) is 0 Å². The summed E-state index contributed by atoms with van der Waals surface area (Å²) >= 11 is 0. The second-order valence-electron chi connectivity index (χ2n) is 6.71. The lowest BCUT2D eigenvalue weighted by Gasteiger charge is -2.35. The Bertz CT molecular complexity index is 437. The summed E-state index contributed by atoms with van der Waals surface area (Å²) in [6.07, 6.45) is 3.66. The predicted molar refractivity (Wildman–Crippen MR) is 78.8 cm³/mol. The number of hydrogen-bond acceptors (Lipinski definition) is 1. The smallest absolute Gasteiger partial charge is 0.123 e. The van der Waals surface area contributed by atoms with Crippen molar-refractivity contribution in [2.75, 3.05) is 6.54 Å². The van der Waals surface area contributed by atoms with Gasteiger partial charge in [-0.2, -0.15) is 0 Å². The van der Waals surface area contributed by atoms with E-state index < -0.39 is 0 Å². The van der Waals surface area contributed by atoms with E-state index in [1.54, 1.807) is 12.1 Å². The Labute approximate surface area is 116 Å². The Balaban J connectivity index is 2.09. The zero-order valence-corrected chi connectivity index (χ0v) is 12.6. The molecule has 1 atom stereocenters. The quantitative estimate of drug-likeness (QED) is 0.815. The maximum absolute atomic E-state index is 13.2. The Morgan fingerprint density at radius 3 is 2.58 bits per heavy atom. The molecule has 1 nitrogen and oxygen atoms in total. The third kappa shape index (κ3) is 3.79. The lowest BCUT2D eigenvalue weighted by molar-refractivity contribution is 0.206. The van der Waals surface area contributed by atoms with Gasteiger partial charge < -0.3 is 5.32 Å². The van der Waals surface area contributed by atoms with Crippen LogP contribution in [-0.4, -0.2) is 12.6 Å². The fourth-order valence-electron chi connectivity index (χ4n) is 2.43. The standard InChI is InChI=1S/C17H26FN/c1-12(2)17(4,11-19-16-7-8-16)10-14-5-6-15(18)9-13(14)3/h5-6,9,12,16,19H,7-8,10-11H2,1-4H3. The Morgan fingerprint density at radius 2 is 2.05 bits per heavy atom. The largest absolute Gasteiger partial charge is 0.313 e. The minimum Gasteiger partial charge on any atom is -0.313 e. The van der Waals surface area contributed by atoms with E-state index in [-0.39, 0.29) is 11.2 Å². The van der Waals surface area contributed by atoms with E-state index >= 15 is 0 Å². The first-order chi connectivity index (χ1) is 8.90. The molecule has 0 heterocycles. The molecule has 2 rings (SSSR count). The Hall–Kier alpha value is -0.890. The van der Waals surface area contributed by atoms with E-state index in [0.29, 0.717) is 5.92 Å². The molecule has 1 aliphatic rings. The number of nitrogens with one attached hydrogen (secondary N) is 1. The van der Waals surface area contributed by atoms with Gasteiger partial charge in [0.2, 0.25) is 0 Å². The lowest BCUT2D eigenvalue weighted by Crippen LogP contribution is -2.39. The minimum atomic E-state index is -0.136. The van der Waals surface area contributed by atoms with E-state index in [2.05, 4.69) is 26.1 Å². The molecule has 0 bridgehead atoms. The maximum atomic E-state index is 13.2. The molecule has 1 aliphatic carbocycles. The average Bonchev–Trinajstić information content (AvgIpc) is 3.14. The van der Waals surface area contributed by atoms with Gasteiger partial charge in [-0.05, 0) is 60.8 Å². The number of rotatable bonds is 6. The van der Waals surface area contributed by atoms with Gasteiger partial charge in [0.25, 0.3) is 0 Å². The number of halogens is 1. The van der Waals surface area contributed by atoms with Crippen molar-refractivity contribution in [3.8, 4) is 0 Å². The van der Waals surface area contributed by atoms with Crippen molar-refractivity contribution in [2.24, 2.45) is 11.3 Å². The van der Waals surface area contributed by atoms with Crippen molar-refractivity contribution >= 4 is 0 Å². The van der Waals surface area contributed by atoms with Crippen molar-refractivity contribution in [2.45, 2.75) is 53.0 Å². The molecule has 19 heavy (non-hydrogen) atoms. The molecule has 0 spiro atoms. The summed E-state index contributed by atoms with van der Waals surface area (Å²) in [4.78, 5) is 0. The fourth-order valence-corrected chi connectivity index (χ4v) is 2.43. The number of aryl methyl sites for hydroxylation is 1. The third-order valence-electron chi connectivity index (χ3n) is 4.66. The van der Waals surface area contributed by atoms with Crippen LogP contribution in [0.5, 0.6) is 0 Å². The topological polar surface area (TPSA) is 12.0 Å². The molecular formula is C17H26FN. The summed E-state index contributed by atoms with van der Waals surface area (Å²) in [5.74, 6) is 0.465. The van der Waals surface area contributed by atoms with E-state index in [0.717, 1.165) is 24.6 Å². The van der Waals surface area contributed by atoms with Gasteiger partial charge in [-0.15, -0.1) is 0 Å². The average molecular weight is 263 g/mol. The predicted octanol–water partition coefficient (Wildman–Crippen LogP) is 4.09. The molecule has 1 aromatic carbocycles. The van der Waals surface area contributed by atoms with Gasteiger partial charge in [0.05, 0.1) is 0 Å². The van der Waals surface area contributed by atoms with Crippen LogP contribution in [0.25, 0.3) is 0 Å². The van der Waals surface area contributed by atoms with E-state index in [1.807, 2.05) is 13.0 Å². The van der Waals surface area contributed by atoms with E-state index in [1.165, 1.54) is 18.4 Å². The molecular weight excluding hydrogens is 237 g/mol. The summed E-state index contributed by atoms with van der Waals surface area (Å²) < 4.78 is 13.2. The molecule has 0 aromatic heterocycles. The highest BCUT2D eigenvalue weighted by atomic mass is 19.1. The molecule has 106 valence electrons. The van der Waals surface area contributed by atoms with Gasteiger partial charge in [0.15, 0.2) is 0 Å². The van der Waals surface area contributed by atoms with Crippen LogP contribution in [0, 0.1) is 24.1 Å². The van der Waals surface area contributed by atoms with Crippen molar-refractivity contribution in [1.29, 1.82) is 0 Å². The van der Waals surface area contributed by atoms with Gasteiger partial charge in [0, 0.05) is 12.6 Å². The second kappa shape index (κ2) is 5.62. The van der Waals surface area contributed by atoms with Gasteiger partial charge in [-0.25, -0.2) is 4.39 Å². The maximum Gasteiger partial charge on any atom is 0.123 e. The number of benzene rings is 1. The molecule has 0 aliphatic heterocycles. The molecule has 0 radical (unpaired) electrons. The molecule has 1 saturated carbocycles. The number of hydrogen-bond donors (Lipinski definition) is 1. The van der Waals surface area contributed by atoms with Crippen LogP contribution < -0.4 is 5.32 Å². The van der Waals surface area contributed by atoms with Gasteiger partial charge in [0.1, 0.15) is 5.82 Å². The molecule has 1 N–H and O–H groups in total. The van der Waals surface area contributed by atoms with Crippen LogP contribution in [0.4, 0.5) is 4.39 Å². The zero-order chi connectivity index (χ0) is 14.0.